The van der Waals surface area contributed by atoms with E-state index in [1.807, 2.05) is 0 Å². The van der Waals surface area contributed by atoms with Crippen LogP contribution in [0.1, 0.15) is 0 Å². The third kappa shape index (κ3) is 1.97. The minimum atomic E-state index is -1.05. The molecule has 2 rings (SSSR count). The van der Waals surface area contributed by atoms with E-state index in [9.17, 15) is 14.3 Å². The highest BCUT2D eigenvalue weighted by Gasteiger charge is 2.50. The highest BCUT2D eigenvalue weighted by atomic mass is 32.2. The first-order chi connectivity index (χ1) is 7.09. The van der Waals surface area contributed by atoms with Crippen LogP contribution >= 0.6 is 0 Å². The molecular formula is C7H11NO6S. The molecule has 5 atom stereocenters. The van der Waals surface area contributed by atoms with Crippen LogP contribution in [0.5, 0.6) is 0 Å². The zero-order chi connectivity index (χ0) is 11.0. The van der Waals surface area contributed by atoms with Crippen LogP contribution in [-0.4, -0.2) is 52.3 Å². The standard InChI is InChI=1S/C7H11NO6S/c1-15(11)5-3-13-6-4(14-8(9)10)2-12-7(5)6/h4-7H,2-3H2,1H3. The van der Waals surface area contributed by atoms with Gasteiger partial charge in [-0.25, -0.2) is 0 Å². The van der Waals surface area contributed by atoms with Gasteiger partial charge in [-0.2, -0.15) is 0 Å². The minimum absolute atomic E-state index is 0.115. The Bertz CT molecular complexity index is 297. The fourth-order valence-corrected chi connectivity index (χ4v) is 2.80. The summed E-state index contributed by atoms with van der Waals surface area (Å²) in [7, 11) is -1.05. The molecule has 0 N–H and O–H groups in total. The highest BCUT2D eigenvalue weighted by molar-refractivity contribution is 7.85. The predicted octanol–water partition coefficient (Wildman–Crippen LogP) is -0.892. The number of ether oxygens (including phenoxy) is 2. The summed E-state index contributed by atoms with van der Waals surface area (Å²) in [6, 6.07) is 0. The molecule has 0 aliphatic carbocycles. The quantitative estimate of drug-likeness (QED) is 0.467. The first kappa shape index (κ1) is 10.8. The van der Waals surface area contributed by atoms with Crippen molar-refractivity contribution in [2.24, 2.45) is 0 Å². The lowest BCUT2D eigenvalue weighted by Gasteiger charge is -2.13. The Hall–Kier alpha value is -0.730. The van der Waals surface area contributed by atoms with Crippen molar-refractivity contribution in [2.75, 3.05) is 19.5 Å². The summed E-state index contributed by atoms with van der Waals surface area (Å²) in [6.45, 7) is 0.417. The number of fused-ring (bicyclic) bond motifs is 1. The maximum atomic E-state index is 11.3. The molecule has 15 heavy (non-hydrogen) atoms. The Morgan fingerprint density at radius 3 is 2.67 bits per heavy atom. The van der Waals surface area contributed by atoms with Crippen LogP contribution in [0.2, 0.25) is 0 Å². The van der Waals surface area contributed by atoms with E-state index in [0.717, 1.165) is 0 Å². The van der Waals surface area contributed by atoms with Gasteiger partial charge in [0.25, 0.3) is 5.09 Å². The van der Waals surface area contributed by atoms with Gasteiger partial charge in [0.2, 0.25) is 0 Å². The molecule has 0 spiro atoms. The van der Waals surface area contributed by atoms with E-state index in [2.05, 4.69) is 4.84 Å². The molecule has 2 aliphatic heterocycles. The van der Waals surface area contributed by atoms with Crippen molar-refractivity contribution in [1.82, 2.24) is 0 Å². The Balaban J connectivity index is 2.02. The molecule has 0 aromatic heterocycles. The lowest BCUT2D eigenvalue weighted by Crippen LogP contribution is -2.35. The van der Waals surface area contributed by atoms with Gasteiger partial charge in [-0.05, 0) is 0 Å². The maximum Gasteiger partial charge on any atom is 0.294 e. The third-order valence-electron chi connectivity index (χ3n) is 2.61. The second-order valence-electron chi connectivity index (χ2n) is 3.50. The molecule has 0 aromatic carbocycles. The van der Waals surface area contributed by atoms with Gasteiger partial charge in [0.1, 0.15) is 12.2 Å². The Morgan fingerprint density at radius 2 is 2.07 bits per heavy atom. The van der Waals surface area contributed by atoms with E-state index in [1.54, 1.807) is 6.26 Å². The van der Waals surface area contributed by atoms with Gasteiger partial charge in [-0.15, -0.1) is 10.1 Å². The van der Waals surface area contributed by atoms with Crippen LogP contribution in [-0.2, 0) is 25.1 Å². The normalized spacial score (nSPS) is 41.1. The van der Waals surface area contributed by atoms with E-state index >= 15 is 0 Å². The fraction of sp³-hybridized carbons (Fsp3) is 1.00. The van der Waals surface area contributed by atoms with Gasteiger partial charge < -0.3 is 14.3 Å². The fourth-order valence-electron chi connectivity index (χ4n) is 1.91. The summed E-state index contributed by atoms with van der Waals surface area (Å²) >= 11 is 0. The largest absolute Gasteiger partial charge is 0.372 e. The van der Waals surface area contributed by atoms with Gasteiger partial charge in [-0.3, -0.25) is 4.21 Å². The molecule has 0 radical (unpaired) electrons. The molecule has 7 nitrogen and oxygen atoms in total. The summed E-state index contributed by atoms with van der Waals surface area (Å²) in [5.41, 5.74) is 0. The van der Waals surface area contributed by atoms with E-state index in [4.69, 9.17) is 9.47 Å². The van der Waals surface area contributed by atoms with Gasteiger partial charge in [0, 0.05) is 17.1 Å². The Labute approximate surface area is 88.2 Å². The van der Waals surface area contributed by atoms with Gasteiger partial charge in [0.05, 0.1) is 18.5 Å². The number of hydrogen-bond acceptors (Lipinski definition) is 6. The van der Waals surface area contributed by atoms with Crippen LogP contribution in [0.3, 0.4) is 0 Å². The lowest BCUT2D eigenvalue weighted by molar-refractivity contribution is -0.769. The van der Waals surface area contributed by atoms with Crippen LogP contribution in [0.15, 0.2) is 0 Å². The van der Waals surface area contributed by atoms with Crippen molar-refractivity contribution < 1.29 is 23.6 Å². The first-order valence-corrected chi connectivity index (χ1v) is 6.08. The van der Waals surface area contributed by atoms with Crippen molar-refractivity contribution in [3.8, 4) is 0 Å². The summed E-state index contributed by atoms with van der Waals surface area (Å²) in [5, 5.41) is 9.11. The van der Waals surface area contributed by atoms with Crippen molar-refractivity contribution >= 4 is 10.8 Å². The van der Waals surface area contributed by atoms with Crippen LogP contribution in [0.4, 0.5) is 0 Å². The molecule has 2 aliphatic rings. The molecule has 0 amide bonds. The zero-order valence-electron chi connectivity index (χ0n) is 8.03. The van der Waals surface area contributed by atoms with Crippen molar-refractivity contribution in [3.05, 3.63) is 10.1 Å². The van der Waals surface area contributed by atoms with E-state index in [1.165, 1.54) is 0 Å². The molecule has 0 aromatic rings. The lowest BCUT2D eigenvalue weighted by atomic mass is 10.1. The summed E-state index contributed by atoms with van der Waals surface area (Å²) < 4.78 is 21.9. The predicted molar refractivity (Wildman–Crippen MR) is 49.2 cm³/mol. The third-order valence-corrected chi connectivity index (χ3v) is 3.87. The van der Waals surface area contributed by atoms with E-state index in [-0.39, 0.29) is 18.0 Å². The summed E-state index contributed by atoms with van der Waals surface area (Å²) in [6.07, 6.45) is 0.0604. The van der Waals surface area contributed by atoms with Crippen molar-refractivity contribution in [2.45, 2.75) is 23.6 Å². The Kier molecular flexibility index (Phi) is 2.89. The van der Waals surface area contributed by atoms with Crippen molar-refractivity contribution in [1.29, 1.82) is 0 Å². The monoisotopic (exact) mass is 237 g/mol. The molecule has 0 bridgehead atoms. The maximum absolute atomic E-state index is 11.3. The van der Waals surface area contributed by atoms with Crippen LogP contribution in [0, 0.1) is 10.1 Å². The summed E-state index contributed by atoms with van der Waals surface area (Å²) in [4.78, 5) is 14.6. The zero-order valence-corrected chi connectivity index (χ0v) is 8.85. The molecule has 8 heteroatoms. The second-order valence-corrected chi connectivity index (χ2v) is 5.10. The van der Waals surface area contributed by atoms with Crippen molar-refractivity contribution in [3.63, 3.8) is 0 Å². The number of hydrogen-bond donors (Lipinski definition) is 0. The number of rotatable bonds is 3. The molecule has 5 unspecified atom stereocenters. The average Bonchev–Trinajstić information content (AvgIpc) is 2.66. The Morgan fingerprint density at radius 1 is 1.40 bits per heavy atom. The SMILES string of the molecule is CS(=O)C1COC2C(O[N+](=O)[O-])COC21. The van der Waals surface area contributed by atoms with Gasteiger partial charge in [0.15, 0.2) is 6.10 Å². The molecule has 2 fully saturated rings. The number of nitrogens with zero attached hydrogens (tertiary/aromatic N) is 1. The average molecular weight is 237 g/mol. The van der Waals surface area contributed by atoms with Gasteiger partial charge >= 0.3 is 0 Å². The molecular weight excluding hydrogens is 226 g/mol. The molecule has 2 heterocycles. The second kappa shape index (κ2) is 4.03. The molecule has 86 valence electrons. The highest BCUT2D eigenvalue weighted by Crippen LogP contribution is 2.30. The van der Waals surface area contributed by atoms with E-state index < -0.39 is 28.1 Å². The first-order valence-electron chi connectivity index (χ1n) is 4.46. The molecule has 0 saturated carbocycles. The minimum Gasteiger partial charge on any atom is -0.372 e. The van der Waals surface area contributed by atoms with Crippen LogP contribution in [0.25, 0.3) is 0 Å². The summed E-state index contributed by atoms with van der Waals surface area (Å²) in [5.74, 6) is 0. The topological polar surface area (TPSA) is 87.9 Å². The smallest absolute Gasteiger partial charge is 0.294 e. The van der Waals surface area contributed by atoms with E-state index in [0.29, 0.717) is 6.61 Å². The molecule has 2 saturated heterocycles. The van der Waals surface area contributed by atoms with Crippen LogP contribution < -0.4 is 0 Å². The van der Waals surface area contributed by atoms with Gasteiger partial charge in [-0.1, -0.05) is 0 Å².